The number of pyridine rings is 1. The Morgan fingerprint density at radius 3 is 2.46 bits per heavy atom. The SMILES string of the molecule is CCOC(=O)C(C(C)=O)c1ccc(NC(=O)C(C)(C)C)c2ncccc12. The van der Waals surface area contributed by atoms with Gasteiger partial charge in [-0.05, 0) is 31.5 Å². The van der Waals surface area contributed by atoms with E-state index in [2.05, 4.69) is 10.3 Å². The van der Waals surface area contributed by atoms with Gasteiger partial charge in [-0.1, -0.05) is 32.9 Å². The van der Waals surface area contributed by atoms with E-state index in [1.54, 1.807) is 37.4 Å². The van der Waals surface area contributed by atoms with E-state index in [-0.39, 0.29) is 18.3 Å². The molecular formula is C20H24N2O4. The number of fused-ring (bicyclic) bond motifs is 1. The lowest BCUT2D eigenvalue weighted by atomic mass is 9.91. The molecule has 0 aliphatic heterocycles. The van der Waals surface area contributed by atoms with Crippen LogP contribution in [-0.4, -0.2) is 29.3 Å². The summed E-state index contributed by atoms with van der Waals surface area (Å²) < 4.78 is 5.06. The number of rotatable bonds is 5. The van der Waals surface area contributed by atoms with Crippen LogP contribution < -0.4 is 5.32 Å². The van der Waals surface area contributed by atoms with E-state index in [0.717, 1.165) is 0 Å². The summed E-state index contributed by atoms with van der Waals surface area (Å²) >= 11 is 0. The molecule has 26 heavy (non-hydrogen) atoms. The van der Waals surface area contributed by atoms with Crippen LogP contribution in [0.2, 0.25) is 0 Å². The number of carbonyl (C=O) groups excluding carboxylic acids is 3. The van der Waals surface area contributed by atoms with Crippen molar-refractivity contribution < 1.29 is 19.1 Å². The maximum absolute atomic E-state index is 12.3. The molecule has 0 spiro atoms. The smallest absolute Gasteiger partial charge is 0.321 e. The molecule has 0 saturated heterocycles. The third-order valence-electron chi connectivity index (χ3n) is 3.97. The molecule has 2 aromatic rings. The Morgan fingerprint density at radius 2 is 1.88 bits per heavy atom. The number of aromatic nitrogens is 1. The van der Waals surface area contributed by atoms with Gasteiger partial charge < -0.3 is 10.1 Å². The second-order valence-electron chi connectivity index (χ2n) is 7.10. The van der Waals surface area contributed by atoms with Gasteiger partial charge in [0.1, 0.15) is 11.7 Å². The van der Waals surface area contributed by atoms with Crippen molar-refractivity contribution in [1.29, 1.82) is 0 Å². The molecule has 6 heteroatoms. The molecule has 138 valence electrons. The summed E-state index contributed by atoms with van der Waals surface area (Å²) in [5.41, 5.74) is 1.02. The Hall–Kier alpha value is -2.76. The fourth-order valence-electron chi connectivity index (χ4n) is 2.59. The van der Waals surface area contributed by atoms with Gasteiger partial charge in [-0.25, -0.2) is 0 Å². The number of hydrogen-bond donors (Lipinski definition) is 1. The number of carbonyl (C=O) groups is 3. The first-order chi connectivity index (χ1) is 12.2. The van der Waals surface area contributed by atoms with Crippen molar-refractivity contribution in [3.63, 3.8) is 0 Å². The molecule has 0 aliphatic rings. The van der Waals surface area contributed by atoms with Crippen LogP contribution in [0, 0.1) is 5.41 Å². The van der Waals surface area contributed by atoms with Gasteiger partial charge in [0.25, 0.3) is 0 Å². The maximum atomic E-state index is 12.3. The second-order valence-corrected chi connectivity index (χ2v) is 7.10. The standard InChI is InChI=1S/C20H24N2O4/c1-6-26-18(24)16(12(2)23)13-9-10-15(22-19(25)20(3,4)5)17-14(13)8-7-11-21-17/h7-11,16H,6H2,1-5H3,(H,22,25). The molecule has 0 bridgehead atoms. The number of nitrogens with zero attached hydrogens (tertiary/aromatic N) is 1. The lowest BCUT2D eigenvalue weighted by Gasteiger charge is -2.20. The highest BCUT2D eigenvalue weighted by atomic mass is 16.5. The van der Waals surface area contributed by atoms with Gasteiger partial charge in [0.2, 0.25) is 5.91 Å². The van der Waals surface area contributed by atoms with Crippen molar-refractivity contribution in [2.45, 2.75) is 40.5 Å². The van der Waals surface area contributed by atoms with Crippen molar-refractivity contribution in [2.75, 3.05) is 11.9 Å². The largest absolute Gasteiger partial charge is 0.465 e. The Morgan fingerprint density at radius 1 is 1.19 bits per heavy atom. The number of ether oxygens (including phenoxy) is 1. The lowest BCUT2D eigenvalue weighted by Crippen LogP contribution is -2.28. The summed E-state index contributed by atoms with van der Waals surface area (Å²) in [6.07, 6.45) is 1.60. The van der Waals surface area contributed by atoms with E-state index in [0.29, 0.717) is 22.2 Å². The summed E-state index contributed by atoms with van der Waals surface area (Å²) in [4.78, 5) is 41.1. The Kier molecular flexibility index (Phi) is 5.75. The Bertz CT molecular complexity index is 853. The van der Waals surface area contributed by atoms with E-state index in [1.165, 1.54) is 6.92 Å². The quantitative estimate of drug-likeness (QED) is 0.655. The van der Waals surface area contributed by atoms with Crippen LogP contribution in [0.15, 0.2) is 30.5 Å². The fourth-order valence-corrected chi connectivity index (χ4v) is 2.59. The maximum Gasteiger partial charge on any atom is 0.321 e. The number of nitrogens with one attached hydrogen (secondary N) is 1. The zero-order valence-corrected chi connectivity index (χ0v) is 15.8. The number of Topliss-reactive ketones (excluding diaryl/α,β-unsaturated/α-hetero) is 1. The monoisotopic (exact) mass is 356 g/mol. The van der Waals surface area contributed by atoms with E-state index in [1.807, 2.05) is 20.8 Å². The van der Waals surface area contributed by atoms with E-state index < -0.39 is 17.3 Å². The zero-order valence-electron chi connectivity index (χ0n) is 15.8. The average Bonchev–Trinajstić information content (AvgIpc) is 2.56. The topological polar surface area (TPSA) is 85.4 Å². The molecule has 1 N–H and O–H groups in total. The predicted octanol–water partition coefficient (Wildman–Crippen LogP) is 3.46. The first kappa shape index (κ1) is 19.6. The highest BCUT2D eigenvalue weighted by Gasteiger charge is 2.29. The predicted molar refractivity (Wildman–Crippen MR) is 99.9 cm³/mol. The molecule has 1 amide bonds. The van der Waals surface area contributed by atoms with Crippen molar-refractivity contribution in [2.24, 2.45) is 5.41 Å². The van der Waals surface area contributed by atoms with E-state index in [4.69, 9.17) is 4.74 Å². The van der Waals surface area contributed by atoms with Gasteiger partial charge in [-0.2, -0.15) is 0 Å². The Balaban J connectivity index is 2.58. The number of hydrogen-bond acceptors (Lipinski definition) is 5. The van der Waals surface area contributed by atoms with Crippen LogP contribution in [0.25, 0.3) is 10.9 Å². The van der Waals surface area contributed by atoms with Crippen LogP contribution in [0.4, 0.5) is 5.69 Å². The number of ketones is 1. The van der Waals surface area contributed by atoms with Gasteiger partial charge in [0.05, 0.1) is 17.8 Å². The van der Waals surface area contributed by atoms with Crippen molar-refractivity contribution >= 4 is 34.3 Å². The summed E-state index contributed by atoms with van der Waals surface area (Å²) in [6.45, 7) is 8.70. The molecule has 0 radical (unpaired) electrons. The number of benzene rings is 1. The van der Waals surface area contributed by atoms with Crippen LogP contribution in [0.5, 0.6) is 0 Å². The average molecular weight is 356 g/mol. The lowest BCUT2D eigenvalue weighted by molar-refractivity contribution is -0.147. The molecule has 1 aromatic heterocycles. The van der Waals surface area contributed by atoms with Gasteiger partial charge in [-0.3, -0.25) is 19.4 Å². The van der Waals surface area contributed by atoms with Crippen LogP contribution >= 0.6 is 0 Å². The van der Waals surface area contributed by atoms with Gasteiger partial charge in [0, 0.05) is 17.0 Å². The fraction of sp³-hybridized carbons (Fsp3) is 0.400. The third kappa shape index (κ3) is 4.07. The first-order valence-corrected chi connectivity index (χ1v) is 8.53. The molecule has 1 unspecified atom stereocenters. The van der Waals surface area contributed by atoms with Crippen LogP contribution in [0.3, 0.4) is 0 Å². The van der Waals surface area contributed by atoms with Crippen LogP contribution in [-0.2, 0) is 19.1 Å². The number of esters is 1. The molecule has 1 aromatic carbocycles. The molecular weight excluding hydrogens is 332 g/mol. The number of amides is 1. The van der Waals surface area contributed by atoms with Crippen molar-refractivity contribution in [1.82, 2.24) is 4.98 Å². The minimum atomic E-state index is -1.02. The van der Waals surface area contributed by atoms with Crippen LogP contribution in [0.1, 0.15) is 46.1 Å². The van der Waals surface area contributed by atoms with Crippen molar-refractivity contribution in [3.05, 3.63) is 36.0 Å². The third-order valence-corrected chi connectivity index (χ3v) is 3.97. The Labute approximate surface area is 152 Å². The number of anilines is 1. The minimum Gasteiger partial charge on any atom is -0.465 e. The normalized spacial score (nSPS) is 12.5. The zero-order chi connectivity index (χ0) is 19.5. The molecule has 0 fully saturated rings. The molecule has 2 rings (SSSR count). The highest BCUT2D eigenvalue weighted by Crippen LogP contribution is 2.32. The summed E-state index contributed by atoms with van der Waals surface area (Å²) in [7, 11) is 0. The van der Waals surface area contributed by atoms with E-state index in [9.17, 15) is 14.4 Å². The molecule has 1 heterocycles. The summed E-state index contributed by atoms with van der Waals surface area (Å²) in [6, 6.07) is 6.85. The van der Waals surface area contributed by atoms with Gasteiger partial charge in [0.15, 0.2) is 0 Å². The van der Waals surface area contributed by atoms with Gasteiger partial charge >= 0.3 is 5.97 Å². The van der Waals surface area contributed by atoms with Crippen molar-refractivity contribution in [3.8, 4) is 0 Å². The molecule has 0 aliphatic carbocycles. The second kappa shape index (κ2) is 7.64. The van der Waals surface area contributed by atoms with Gasteiger partial charge in [-0.15, -0.1) is 0 Å². The summed E-state index contributed by atoms with van der Waals surface area (Å²) in [5.74, 6) is -2.06. The highest BCUT2D eigenvalue weighted by molar-refractivity contribution is 6.09. The minimum absolute atomic E-state index is 0.147. The molecule has 0 saturated carbocycles. The molecule has 6 nitrogen and oxygen atoms in total. The molecule has 1 atom stereocenters. The summed E-state index contributed by atoms with van der Waals surface area (Å²) in [5, 5.41) is 3.50. The van der Waals surface area contributed by atoms with E-state index >= 15 is 0 Å². The first-order valence-electron chi connectivity index (χ1n) is 8.53.